The Hall–Kier alpha value is -10.7. The van der Waals surface area contributed by atoms with Crippen LogP contribution in [0.2, 0.25) is 0 Å². The second-order valence-electron chi connectivity index (χ2n) is 25.3. The van der Waals surface area contributed by atoms with Gasteiger partial charge in [-0.3, -0.25) is 0 Å². The van der Waals surface area contributed by atoms with Crippen molar-refractivity contribution in [2.45, 2.75) is 47.8 Å². The van der Waals surface area contributed by atoms with Crippen molar-refractivity contribution in [3.8, 4) is 89.0 Å². The third kappa shape index (κ3) is 12.8. The zero-order chi connectivity index (χ0) is 64.5. The normalized spacial score (nSPS) is 14.1. The molecule has 14 aromatic carbocycles. The first kappa shape index (κ1) is 61.5. The number of ether oxygens (including phenoxy) is 2. The van der Waals surface area contributed by atoms with Crippen LogP contribution in [0.25, 0.3) is 89.0 Å². The Morgan fingerprint density at radius 3 is 0.573 bits per heavy atom. The summed E-state index contributed by atoms with van der Waals surface area (Å²) < 4.78 is 17.0. The van der Waals surface area contributed by atoms with Crippen molar-refractivity contribution in [1.29, 1.82) is 0 Å². The molecule has 0 unspecified atom stereocenters. The van der Waals surface area contributed by atoms with E-state index in [-0.39, 0.29) is 10.5 Å². The minimum Gasteiger partial charge on any atom is -0.356 e. The molecule has 0 N–H and O–H groups in total. The third-order valence-corrected chi connectivity index (χ3v) is 22.3. The Kier molecular flexibility index (Phi) is 18.0. The second kappa shape index (κ2) is 28.1. The minimum atomic E-state index is -1.10. The van der Waals surface area contributed by atoms with Crippen LogP contribution in [-0.4, -0.2) is 16.8 Å². The molecular formula is C93H75O2S+. The Bertz CT molecular complexity index is 4060. The van der Waals surface area contributed by atoms with Crippen LogP contribution in [0.3, 0.4) is 0 Å². The topological polar surface area (TPSA) is 18.5 Å². The summed E-state index contributed by atoms with van der Waals surface area (Å²) in [7, 11) is -0.564. The van der Waals surface area contributed by atoms with E-state index in [2.05, 4.69) is 382 Å². The largest absolute Gasteiger partial charge is 0.356 e. The molecule has 2 atom stereocenters. The minimum absolute atomic E-state index is 0.132. The lowest BCUT2D eigenvalue weighted by atomic mass is 9.75. The maximum atomic E-state index is 8.48. The first-order chi connectivity index (χ1) is 47.4. The van der Waals surface area contributed by atoms with E-state index in [0.717, 1.165) is 135 Å². The van der Waals surface area contributed by atoms with Gasteiger partial charge in [0.15, 0.2) is 21.7 Å². The molecule has 0 saturated carbocycles. The van der Waals surface area contributed by atoms with Crippen LogP contribution in [0.5, 0.6) is 0 Å². The van der Waals surface area contributed by atoms with E-state index in [1.165, 1.54) is 0 Å². The molecule has 1 fully saturated rings. The lowest BCUT2D eigenvalue weighted by molar-refractivity contribution is -0.0348. The fourth-order valence-corrected chi connectivity index (χ4v) is 17.8. The van der Waals surface area contributed by atoms with Crippen molar-refractivity contribution in [1.82, 2.24) is 0 Å². The van der Waals surface area contributed by atoms with E-state index in [0.29, 0.717) is 13.2 Å². The SMILES string of the molecule is C[S+]1[C@@H](C(OCc2ccccc2)(c2cc(-c3ccccc3)cc(-c3ccccc3)c2)c2cc(-c3ccccc3)cc(-c3ccccc3)c2)CC[C@@H]1C(OCc1ccccc1)(c1cc(-c2ccccc2)cc(-c2ccccc2)c1)c1cc(-c2ccccc2)cc(-c2ccccc2)c1. The first-order valence-corrected chi connectivity index (χ1v) is 35.3. The van der Waals surface area contributed by atoms with Gasteiger partial charge in [0.05, 0.1) is 19.5 Å². The highest BCUT2D eigenvalue weighted by Gasteiger charge is 2.64. The maximum Gasteiger partial charge on any atom is 0.166 e. The van der Waals surface area contributed by atoms with Gasteiger partial charge in [-0.2, -0.15) is 0 Å². The summed E-state index contributed by atoms with van der Waals surface area (Å²) in [5, 5.41) is -0.265. The van der Waals surface area contributed by atoms with Crippen molar-refractivity contribution >= 4 is 10.9 Å². The summed E-state index contributed by atoms with van der Waals surface area (Å²) in [4.78, 5) is 0. The number of benzene rings is 14. The smallest absolute Gasteiger partial charge is 0.166 e. The molecule has 96 heavy (non-hydrogen) atoms. The van der Waals surface area contributed by atoms with E-state index < -0.39 is 22.1 Å². The average molecular weight is 1260 g/mol. The first-order valence-electron chi connectivity index (χ1n) is 33.5. The molecule has 2 nitrogen and oxygen atoms in total. The van der Waals surface area contributed by atoms with Crippen molar-refractivity contribution < 1.29 is 9.47 Å². The van der Waals surface area contributed by atoms with E-state index in [9.17, 15) is 0 Å². The molecule has 0 amide bonds. The predicted molar refractivity (Wildman–Crippen MR) is 403 cm³/mol. The number of hydrogen-bond donors (Lipinski definition) is 0. The quantitative estimate of drug-likeness (QED) is 0.0708. The van der Waals surface area contributed by atoms with E-state index in [4.69, 9.17) is 9.47 Å². The zero-order valence-electron chi connectivity index (χ0n) is 54.0. The lowest BCUT2D eigenvalue weighted by Crippen LogP contribution is -2.51. The molecule has 1 aliphatic rings. The molecule has 1 heterocycles. The van der Waals surface area contributed by atoms with Crippen molar-refractivity contribution in [2.75, 3.05) is 6.26 Å². The van der Waals surface area contributed by atoms with Crippen LogP contribution < -0.4 is 0 Å². The van der Waals surface area contributed by atoms with Crippen molar-refractivity contribution in [2.24, 2.45) is 0 Å². The highest BCUT2D eigenvalue weighted by Crippen LogP contribution is 2.57. The van der Waals surface area contributed by atoms with E-state index in [1.54, 1.807) is 0 Å². The highest BCUT2D eigenvalue weighted by atomic mass is 32.2. The summed E-state index contributed by atoms with van der Waals surface area (Å²) in [5.41, 5.74) is 22.6. The monoisotopic (exact) mass is 1260 g/mol. The molecule has 0 bridgehead atoms. The second-order valence-corrected chi connectivity index (χ2v) is 27.7. The number of rotatable bonds is 20. The summed E-state index contributed by atoms with van der Waals surface area (Å²) in [6, 6.07) is 138. The summed E-state index contributed by atoms with van der Waals surface area (Å²) in [5.74, 6) is 0. The Morgan fingerprint density at radius 1 is 0.229 bits per heavy atom. The van der Waals surface area contributed by atoms with Gasteiger partial charge in [0.25, 0.3) is 0 Å². The third-order valence-electron chi connectivity index (χ3n) is 19.4. The van der Waals surface area contributed by atoms with Gasteiger partial charge in [-0.15, -0.1) is 0 Å². The van der Waals surface area contributed by atoms with Gasteiger partial charge >= 0.3 is 0 Å². The molecule has 0 aliphatic carbocycles. The van der Waals surface area contributed by atoms with Gasteiger partial charge in [-0.05, 0) is 206 Å². The van der Waals surface area contributed by atoms with Crippen LogP contribution in [-0.2, 0) is 44.8 Å². The molecule has 464 valence electrons. The molecule has 1 saturated heterocycles. The van der Waals surface area contributed by atoms with Gasteiger partial charge in [0.2, 0.25) is 0 Å². The fourth-order valence-electron chi connectivity index (χ4n) is 14.7. The fraction of sp³-hybridized carbons (Fsp3) is 0.0968. The standard InChI is InChI=1S/C93H75O2S/c1-96-90(92(94-66-68-32-12-2-13-33-68,86-58-78(70-36-16-4-17-37-70)54-79(59-86)71-38-18-5-19-39-71)87-60-80(72-40-20-6-21-41-72)55-81(61-87)73-42-22-7-23-43-73)52-53-91(96)93(95-67-69-34-14-3-15-35-69,88-62-82(74-44-24-8-25-45-74)56-83(63-88)75-46-26-9-27-47-75)89-64-84(76-48-28-10-29-49-76)57-85(65-89)77-50-30-11-31-51-77/h2-51,54-65,90-91H,52-53,66-67H2,1H3/q+1/t90-,91-/m1/s1. The molecular weight excluding hydrogens is 1180 g/mol. The maximum absolute atomic E-state index is 8.48. The average Bonchev–Trinajstić information content (AvgIpc) is 1.44. The van der Waals surface area contributed by atoms with Crippen molar-refractivity contribution in [3.05, 3.63) is 409 Å². The van der Waals surface area contributed by atoms with Crippen LogP contribution >= 0.6 is 0 Å². The summed E-state index contributed by atoms with van der Waals surface area (Å²) in [6.07, 6.45) is 4.20. The number of hydrogen-bond acceptors (Lipinski definition) is 2. The highest BCUT2D eigenvalue weighted by molar-refractivity contribution is 7.97. The Balaban J connectivity index is 1.06. The Labute approximate surface area is 569 Å². The van der Waals surface area contributed by atoms with Gasteiger partial charge in [-0.25, -0.2) is 0 Å². The zero-order valence-corrected chi connectivity index (χ0v) is 54.8. The van der Waals surface area contributed by atoms with Gasteiger partial charge in [0, 0.05) is 12.8 Å². The molecule has 3 heteroatoms. The summed E-state index contributed by atoms with van der Waals surface area (Å²) >= 11 is 0. The molecule has 0 spiro atoms. The molecule has 0 radical (unpaired) electrons. The van der Waals surface area contributed by atoms with Gasteiger partial charge in [-0.1, -0.05) is 303 Å². The molecule has 0 aromatic heterocycles. The van der Waals surface area contributed by atoms with Crippen LogP contribution in [0, 0.1) is 0 Å². The molecule has 15 rings (SSSR count). The van der Waals surface area contributed by atoms with E-state index in [1.807, 2.05) is 0 Å². The van der Waals surface area contributed by atoms with Crippen molar-refractivity contribution in [3.63, 3.8) is 0 Å². The van der Waals surface area contributed by atoms with Crippen LogP contribution in [0.1, 0.15) is 46.2 Å². The molecule has 14 aromatic rings. The van der Waals surface area contributed by atoms with Gasteiger partial charge in [0.1, 0.15) is 0 Å². The summed E-state index contributed by atoms with van der Waals surface area (Å²) in [6.45, 7) is 0.723. The van der Waals surface area contributed by atoms with E-state index >= 15 is 0 Å². The van der Waals surface area contributed by atoms with Crippen LogP contribution in [0.15, 0.2) is 376 Å². The predicted octanol–water partition coefficient (Wildman–Crippen LogP) is 23.4. The lowest BCUT2D eigenvalue weighted by Gasteiger charge is -2.42. The van der Waals surface area contributed by atoms with Gasteiger partial charge < -0.3 is 9.47 Å². The Morgan fingerprint density at radius 2 is 0.396 bits per heavy atom. The van der Waals surface area contributed by atoms with Crippen LogP contribution in [0.4, 0.5) is 0 Å². The molecule has 1 aliphatic heterocycles.